The Labute approximate surface area is 224 Å². The van der Waals surface area contributed by atoms with E-state index in [9.17, 15) is 9.90 Å². The highest BCUT2D eigenvalue weighted by Crippen LogP contribution is 2.32. The number of nitrogens with zero attached hydrogens (tertiary/aromatic N) is 1. The molecule has 37 heavy (non-hydrogen) atoms. The molecule has 0 fully saturated rings. The van der Waals surface area contributed by atoms with E-state index in [1.165, 1.54) is 0 Å². The quantitative estimate of drug-likeness (QED) is 0.203. The maximum atomic E-state index is 11.7. The van der Waals surface area contributed by atoms with Crippen molar-refractivity contribution >= 4 is 51.0 Å². The molecule has 5 aromatic rings. The lowest BCUT2D eigenvalue weighted by atomic mass is 10.1. The van der Waals surface area contributed by atoms with Crippen molar-refractivity contribution in [1.29, 1.82) is 0 Å². The smallest absolute Gasteiger partial charge is 0.333 e. The van der Waals surface area contributed by atoms with Crippen molar-refractivity contribution in [2.45, 2.75) is 25.7 Å². The minimum Gasteiger partial charge on any atom is -0.492 e. The molecule has 1 atom stereocenters. The predicted octanol–water partition coefficient (Wildman–Crippen LogP) is 7.39. The van der Waals surface area contributed by atoms with E-state index in [1.54, 1.807) is 0 Å². The summed E-state index contributed by atoms with van der Waals surface area (Å²) >= 11 is 12.5. The van der Waals surface area contributed by atoms with Crippen LogP contribution in [0, 0.1) is 0 Å². The number of hydrogen-bond donors (Lipinski definition) is 1. The van der Waals surface area contributed by atoms with Crippen molar-refractivity contribution in [1.82, 2.24) is 4.57 Å². The number of benzene rings is 4. The van der Waals surface area contributed by atoms with Crippen molar-refractivity contribution in [3.8, 4) is 5.75 Å². The third-order valence-electron chi connectivity index (χ3n) is 6.29. The van der Waals surface area contributed by atoms with E-state index < -0.39 is 12.1 Å². The van der Waals surface area contributed by atoms with Crippen LogP contribution in [0.1, 0.15) is 11.1 Å². The summed E-state index contributed by atoms with van der Waals surface area (Å²) in [5.74, 6) is -0.266. The Morgan fingerprint density at radius 2 is 1.43 bits per heavy atom. The number of carboxylic acid groups (broad SMARTS) is 1. The van der Waals surface area contributed by atoms with Crippen molar-refractivity contribution in [2.24, 2.45) is 0 Å². The zero-order valence-electron chi connectivity index (χ0n) is 19.9. The summed E-state index contributed by atoms with van der Waals surface area (Å²) in [5, 5.41) is 13.1. The molecule has 0 saturated heterocycles. The van der Waals surface area contributed by atoms with Gasteiger partial charge in [-0.1, -0.05) is 65.7 Å². The van der Waals surface area contributed by atoms with Crippen LogP contribution in [0.25, 0.3) is 21.8 Å². The van der Waals surface area contributed by atoms with Crippen molar-refractivity contribution in [2.75, 3.05) is 6.61 Å². The molecule has 1 heterocycles. The van der Waals surface area contributed by atoms with Crippen molar-refractivity contribution in [3.63, 3.8) is 0 Å². The molecular formula is C30H25Cl2NO4. The van der Waals surface area contributed by atoms with Gasteiger partial charge >= 0.3 is 5.97 Å². The van der Waals surface area contributed by atoms with Crippen LogP contribution in [0.4, 0.5) is 0 Å². The van der Waals surface area contributed by atoms with Crippen LogP contribution in [0.3, 0.4) is 0 Å². The van der Waals surface area contributed by atoms with Crippen molar-refractivity contribution < 1.29 is 19.4 Å². The number of ether oxygens (including phenoxy) is 2. The number of carbonyl (C=O) groups is 1. The maximum Gasteiger partial charge on any atom is 0.333 e. The summed E-state index contributed by atoms with van der Waals surface area (Å²) in [5.41, 5.74) is 3.93. The second-order valence-corrected chi connectivity index (χ2v) is 9.67. The Hall–Kier alpha value is -3.51. The third kappa shape index (κ3) is 5.91. The minimum atomic E-state index is -0.981. The maximum absolute atomic E-state index is 11.7. The molecule has 0 unspecified atom stereocenters. The highest BCUT2D eigenvalue weighted by molar-refractivity contribution is 6.33. The number of aliphatic carboxylic acids is 1. The summed E-state index contributed by atoms with van der Waals surface area (Å²) in [6.07, 6.45) is -0.654. The van der Waals surface area contributed by atoms with Gasteiger partial charge in [0.15, 0.2) is 6.10 Å². The molecule has 0 amide bonds. The van der Waals surface area contributed by atoms with Crippen LogP contribution in [-0.4, -0.2) is 28.4 Å². The number of hydrogen-bond acceptors (Lipinski definition) is 3. The predicted molar refractivity (Wildman–Crippen MR) is 148 cm³/mol. The summed E-state index contributed by atoms with van der Waals surface area (Å²) in [7, 11) is 0. The van der Waals surface area contributed by atoms with Gasteiger partial charge in [-0.15, -0.1) is 0 Å². The molecule has 0 aliphatic carbocycles. The first-order valence-corrected chi connectivity index (χ1v) is 12.7. The first-order valence-electron chi connectivity index (χ1n) is 11.9. The summed E-state index contributed by atoms with van der Waals surface area (Å²) in [4.78, 5) is 11.7. The Bertz CT molecular complexity index is 1470. The summed E-state index contributed by atoms with van der Waals surface area (Å²) in [6, 6.07) is 28.7. The molecule has 0 radical (unpaired) electrons. The van der Waals surface area contributed by atoms with Gasteiger partial charge in [-0.3, -0.25) is 0 Å². The third-order valence-corrected chi connectivity index (χ3v) is 6.76. The summed E-state index contributed by atoms with van der Waals surface area (Å²) < 4.78 is 13.9. The molecule has 7 heteroatoms. The lowest BCUT2D eigenvalue weighted by Gasteiger charge is -2.14. The van der Waals surface area contributed by atoms with Gasteiger partial charge < -0.3 is 19.1 Å². The van der Waals surface area contributed by atoms with Crippen LogP contribution in [0.15, 0.2) is 91.0 Å². The topological polar surface area (TPSA) is 60.7 Å². The van der Waals surface area contributed by atoms with E-state index in [1.807, 2.05) is 91.0 Å². The molecule has 0 spiro atoms. The normalized spacial score (nSPS) is 12.2. The lowest BCUT2D eigenvalue weighted by molar-refractivity contribution is -0.151. The molecule has 188 valence electrons. The van der Waals surface area contributed by atoms with E-state index in [0.29, 0.717) is 28.9 Å². The van der Waals surface area contributed by atoms with Crippen LogP contribution in [0.5, 0.6) is 5.75 Å². The van der Waals surface area contributed by atoms with Crippen LogP contribution < -0.4 is 4.74 Å². The Morgan fingerprint density at radius 1 is 0.811 bits per heavy atom. The standard InChI is InChI=1S/C30H25Cl2NO4/c31-22-8-12-27-25(17-22)26-18-23(32)9-13-28(26)33(27)14-15-36-24-10-6-20(7-11-24)16-29(30(34)35)37-19-21-4-2-1-3-5-21/h1-13,17-18,29H,14-16,19H2,(H,34,35)/t29-/m0/s1. The number of halogens is 2. The highest BCUT2D eigenvalue weighted by atomic mass is 35.5. The molecule has 0 aliphatic rings. The van der Waals surface area contributed by atoms with Crippen molar-refractivity contribution in [3.05, 3.63) is 112 Å². The zero-order chi connectivity index (χ0) is 25.8. The first kappa shape index (κ1) is 25.2. The van der Waals surface area contributed by atoms with Crippen LogP contribution >= 0.6 is 23.2 Å². The van der Waals surface area contributed by atoms with Crippen LogP contribution in [0.2, 0.25) is 10.0 Å². The Balaban J connectivity index is 1.22. The Kier molecular flexibility index (Phi) is 7.65. The van der Waals surface area contributed by atoms with Gasteiger partial charge in [0, 0.05) is 38.3 Å². The number of carboxylic acids is 1. The molecule has 0 saturated carbocycles. The number of aromatic nitrogens is 1. The van der Waals surface area contributed by atoms with E-state index in [2.05, 4.69) is 4.57 Å². The fourth-order valence-electron chi connectivity index (χ4n) is 4.47. The molecule has 4 aromatic carbocycles. The van der Waals surface area contributed by atoms with Gasteiger partial charge in [0.05, 0.1) is 13.2 Å². The van der Waals surface area contributed by atoms with Gasteiger partial charge in [-0.2, -0.15) is 0 Å². The molecule has 5 nitrogen and oxygen atoms in total. The molecule has 1 aromatic heterocycles. The zero-order valence-corrected chi connectivity index (χ0v) is 21.5. The molecule has 0 aliphatic heterocycles. The van der Waals surface area contributed by atoms with Gasteiger partial charge in [0.25, 0.3) is 0 Å². The van der Waals surface area contributed by atoms with E-state index >= 15 is 0 Å². The summed E-state index contributed by atoms with van der Waals surface area (Å²) in [6.45, 7) is 1.35. The van der Waals surface area contributed by atoms with Gasteiger partial charge in [-0.05, 0) is 59.7 Å². The number of rotatable bonds is 10. The second kappa shape index (κ2) is 11.3. The molecule has 0 bridgehead atoms. The largest absolute Gasteiger partial charge is 0.492 e. The van der Waals surface area contributed by atoms with Gasteiger partial charge in [0.1, 0.15) is 12.4 Å². The first-order chi connectivity index (χ1) is 18.0. The fourth-order valence-corrected chi connectivity index (χ4v) is 4.81. The highest BCUT2D eigenvalue weighted by Gasteiger charge is 2.19. The van der Waals surface area contributed by atoms with E-state index in [0.717, 1.165) is 32.9 Å². The second-order valence-electron chi connectivity index (χ2n) is 8.79. The minimum absolute atomic E-state index is 0.250. The average molecular weight is 534 g/mol. The number of fused-ring (bicyclic) bond motifs is 3. The van der Waals surface area contributed by atoms with E-state index in [-0.39, 0.29) is 13.0 Å². The Morgan fingerprint density at radius 3 is 2.03 bits per heavy atom. The molecular weight excluding hydrogens is 509 g/mol. The van der Waals surface area contributed by atoms with Gasteiger partial charge in [-0.25, -0.2) is 4.79 Å². The average Bonchev–Trinajstić information content (AvgIpc) is 3.19. The molecule has 1 N–H and O–H groups in total. The lowest BCUT2D eigenvalue weighted by Crippen LogP contribution is -2.26. The monoisotopic (exact) mass is 533 g/mol. The fraction of sp³-hybridized carbons (Fsp3) is 0.167. The molecule has 5 rings (SSSR count). The van der Waals surface area contributed by atoms with Crippen LogP contribution in [-0.2, 0) is 29.1 Å². The van der Waals surface area contributed by atoms with E-state index in [4.69, 9.17) is 32.7 Å². The SMILES string of the molecule is O=C(O)[C@H](Cc1ccc(OCCn2c3ccc(Cl)cc3c3cc(Cl)ccc32)cc1)OCc1ccccc1. The van der Waals surface area contributed by atoms with Gasteiger partial charge in [0.2, 0.25) is 0 Å².